The molecule has 1 aromatic carbocycles. The first kappa shape index (κ1) is 13.5. The number of carbonyl (C=O) groups is 2. The van der Waals surface area contributed by atoms with Crippen molar-refractivity contribution in [1.82, 2.24) is 10.3 Å². The van der Waals surface area contributed by atoms with E-state index in [-0.39, 0.29) is 0 Å². The Balaban J connectivity index is 2.27. The van der Waals surface area contributed by atoms with Gasteiger partial charge in [-0.3, -0.25) is 4.98 Å². The van der Waals surface area contributed by atoms with Gasteiger partial charge in [-0.1, -0.05) is 30.3 Å². The average Bonchev–Trinajstić information content (AvgIpc) is 2.45. The van der Waals surface area contributed by atoms with Gasteiger partial charge >= 0.3 is 12.0 Å². The van der Waals surface area contributed by atoms with E-state index in [9.17, 15) is 9.59 Å². The van der Waals surface area contributed by atoms with Crippen LogP contribution in [0.3, 0.4) is 0 Å². The fourth-order valence-corrected chi connectivity index (χ4v) is 1.81. The number of nitrogens with zero attached hydrogens (tertiary/aromatic N) is 1. The minimum atomic E-state index is -1.17. The quantitative estimate of drug-likeness (QED) is 0.784. The van der Waals surface area contributed by atoms with Crippen molar-refractivity contribution in [3.63, 3.8) is 0 Å². The first-order chi connectivity index (χ1) is 9.58. The minimum Gasteiger partial charge on any atom is -0.479 e. The number of pyridine rings is 1. The molecule has 2 amide bonds. The van der Waals surface area contributed by atoms with Crippen LogP contribution in [0.15, 0.2) is 48.7 Å². The van der Waals surface area contributed by atoms with E-state index in [0.717, 1.165) is 11.3 Å². The van der Waals surface area contributed by atoms with Gasteiger partial charge in [0.1, 0.15) is 0 Å². The lowest BCUT2D eigenvalue weighted by atomic mass is 10.0. The molecule has 0 aliphatic carbocycles. The maximum absolute atomic E-state index is 11.1. The zero-order chi connectivity index (χ0) is 14.5. The Labute approximate surface area is 115 Å². The van der Waals surface area contributed by atoms with Crippen LogP contribution in [0, 0.1) is 0 Å². The maximum Gasteiger partial charge on any atom is 0.330 e. The number of primary amides is 1. The van der Waals surface area contributed by atoms with Gasteiger partial charge in [0.25, 0.3) is 0 Å². The first-order valence-electron chi connectivity index (χ1n) is 5.88. The van der Waals surface area contributed by atoms with Crippen LogP contribution in [-0.4, -0.2) is 22.1 Å². The van der Waals surface area contributed by atoms with Crippen LogP contribution in [0.2, 0.25) is 0 Å². The van der Waals surface area contributed by atoms with Gasteiger partial charge in [-0.25, -0.2) is 9.59 Å². The van der Waals surface area contributed by atoms with Crippen molar-refractivity contribution in [3.05, 3.63) is 54.2 Å². The molecule has 0 saturated carbocycles. The Hall–Kier alpha value is -2.89. The first-order valence-corrected chi connectivity index (χ1v) is 5.88. The number of carboxylic acid groups (broad SMARTS) is 1. The lowest BCUT2D eigenvalue weighted by molar-refractivity contribution is -0.139. The van der Waals surface area contributed by atoms with E-state index in [1.807, 2.05) is 18.2 Å². The van der Waals surface area contributed by atoms with Crippen LogP contribution in [0.25, 0.3) is 11.3 Å². The summed E-state index contributed by atoms with van der Waals surface area (Å²) in [6.07, 6.45) is 1.68. The van der Waals surface area contributed by atoms with E-state index in [4.69, 9.17) is 10.8 Å². The number of rotatable bonds is 4. The number of benzene rings is 1. The van der Waals surface area contributed by atoms with Crippen LogP contribution >= 0.6 is 0 Å². The van der Waals surface area contributed by atoms with Crippen molar-refractivity contribution < 1.29 is 14.7 Å². The summed E-state index contributed by atoms with van der Waals surface area (Å²) in [5, 5.41) is 11.3. The predicted octanol–water partition coefficient (Wildman–Crippen LogP) is 1.54. The molecule has 0 bridgehead atoms. The second-order valence-corrected chi connectivity index (χ2v) is 4.12. The molecular formula is C14H13N3O3. The van der Waals surface area contributed by atoms with Crippen LogP contribution in [-0.2, 0) is 4.79 Å². The second-order valence-electron chi connectivity index (χ2n) is 4.12. The normalized spacial score (nSPS) is 11.6. The average molecular weight is 271 g/mol. The molecule has 0 radical (unpaired) electrons. The number of carboxylic acids is 1. The molecule has 102 valence electrons. The smallest absolute Gasteiger partial charge is 0.330 e. The number of aromatic nitrogens is 1. The van der Waals surface area contributed by atoms with Gasteiger partial charge in [-0.2, -0.15) is 0 Å². The number of nitrogens with two attached hydrogens (primary N) is 1. The Kier molecular flexibility index (Phi) is 3.95. The number of hydrogen-bond acceptors (Lipinski definition) is 3. The number of aliphatic carboxylic acids is 1. The van der Waals surface area contributed by atoms with E-state index in [1.165, 1.54) is 0 Å². The summed E-state index contributed by atoms with van der Waals surface area (Å²) in [5.41, 5.74) is 7.05. The minimum absolute atomic E-state index is 0.441. The Morgan fingerprint density at radius 3 is 2.35 bits per heavy atom. The number of urea groups is 1. The lowest BCUT2D eigenvalue weighted by Gasteiger charge is -2.13. The molecule has 6 nitrogen and oxygen atoms in total. The highest BCUT2D eigenvalue weighted by Crippen LogP contribution is 2.20. The molecule has 1 heterocycles. The number of nitrogens with one attached hydrogen (secondary N) is 1. The van der Waals surface area contributed by atoms with Crippen LogP contribution < -0.4 is 11.1 Å². The summed E-state index contributed by atoms with van der Waals surface area (Å²) in [5.74, 6) is -1.17. The van der Waals surface area contributed by atoms with E-state index in [2.05, 4.69) is 10.3 Å². The highest BCUT2D eigenvalue weighted by Gasteiger charge is 2.20. The van der Waals surface area contributed by atoms with Gasteiger partial charge < -0.3 is 16.2 Å². The number of hydrogen-bond donors (Lipinski definition) is 3. The number of carbonyl (C=O) groups excluding carboxylic acids is 1. The predicted molar refractivity (Wildman–Crippen MR) is 72.8 cm³/mol. The van der Waals surface area contributed by atoms with Gasteiger partial charge in [-0.05, 0) is 17.7 Å². The molecule has 1 aromatic heterocycles. The molecule has 0 aliphatic heterocycles. The highest BCUT2D eigenvalue weighted by molar-refractivity contribution is 5.83. The Morgan fingerprint density at radius 2 is 1.85 bits per heavy atom. The molecule has 0 fully saturated rings. The van der Waals surface area contributed by atoms with Crippen molar-refractivity contribution >= 4 is 12.0 Å². The van der Waals surface area contributed by atoms with Gasteiger partial charge in [0.05, 0.1) is 5.69 Å². The van der Waals surface area contributed by atoms with Crippen molar-refractivity contribution in [2.45, 2.75) is 6.04 Å². The summed E-state index contributed by atoms with van der Waals surface area (Å²) in [6, 6.07) is 10.2. The van der Waals surface area contributed by atoms with Crippen molar-refractivity contribution in [2.24, 2.45) is 5.73 Å². The standard InChI is InChI=1S/C14H13N3O3/c15-14(20)17-12(13(18)19)10-6-4-9(5-7-10)11-3-1-2-8-16-11/h1-8,12H,(H,18,19)(H3,15,17,20). The van der Waals surface area contributed by atoms with Crippen LogP contribution in [0.4, 0.5) is 4.79 Å². The molecule has 2 rings (SSSR count). The highest BCUT2D eigenvalue weighted by atomic mass is 16.4. The van der Waals surface area contributed by atoms with Gasteiger partial charge in [-0.15, -0.1) is 0 Å². The van der Waals surface area contributed by atoms with Crippen molar-refractivity contribution in [3.8, 4) is 11.3 Å². The van der Waals surface area contributed by atoms with Gasteiger partial charge in [0.15, 0.2) is 6.04 Å². The molecule has 20 heavy (non-hydrogen) atoms. The SMILES string of the molecule is NC(=O)NC(C(=O)O)c1ccc(-c2ccccn2)cc1. The van der Waals surface area contributed by atoms with Crippen molar-refractivity contribution in [2.75, 3.05) is 0 Å². The molecular weight excluding hydrogens is 258 g/mol. The number of amides is 2. The van der Waals surface area contributed by atoms with Gasteiger partial charge in [0, 0.05) is 11.8 Å². The van der Waals surface area contributed by atoms with E-state index < -0.39 is 18.0 Å². The monoisotopic (exact) mass is 271 g/mol. The van der Waals surface area contributed by atoms with Crippen LogP contribution in [0.5, 0.6) is 0 Å². The largest absolute Gasteiger partial charge is 0.479 e. The molecule has 2 aromatic rings. The Bertz CT molecular complexity index is 611. The fourth-order valence-electron chi connectivity index (χ4n) is 1.81. The lowest BCUT2D eigenvalue weighted by Crippen LogP contribution is -2.37. The zero-order valence-corrected chi connectivity index (χ0v) is 10.5. The molecule has 0 aliphatic rings. The zero-order valence-electron chi connectivity index (χ0n) is 10.5. The van der Waals surface area contributed by atoms with Gasteiger partial charge in [0.2, 0.25) is 0 Å². The molecule has 0 spiro atoms. The topological polar surface area (TPSA) is 105 Å². The maximum atomic E-state index is 11.1. The summed E-state index contributed by atoms with van der Waals surface area (Å²) in [7, 11) is 0. The third-order valence-corrected chi connectivity index (χ3v) is 2.74. The third kappa shape index (κ3) is 3.11. The van der Waals surface area contributed by atoms with E-state index >= 15 is 0 Å². The summed E-state index contributed by atoms with van der Waals surface area (Å²) in [6.45, 7) is 0. The summed E-state index contributed by atoms with van der Waals surface area (Å²) >= 11 is 0. The summed E-state index contributed by atoms with van der Waals surface area (Å²) in [4.78, 5) is 26.1. The second kappa shape index (κ2) is 5.83. The fraction of sp³-hybridized carbons (Fsp3) is 0.0714. The molecule has 4 N–H and O–H groups in total. The Morgan fingerprint density at radius 1 is 1.15 bits per heavy atom. The summed E-state index contributed by atoms with van der Waals surface area (Å²) < 4.78 is 0. The molecule has 0 saturated heterocycles. The molecule has 1 atom stereocenters. The van der Waals surface area contributed by atoms with E-state index in [1.54, 1.807) is 30.5 Å². The van der Waals surface area contributed by atoms with E-state index in [0.29, 0.717) is 5.56 Å². The molecule has 6 heteroatoms. The third-order valence-electron chi connectivity index (χ3n) is 2.74. The van der Waals surface area contributed by atoms with Crippen LogP contribution in [0.1, 0.15) is 11.6 Å². The van der Waals surface area contributed by atoms with Crippen molar-refractivity contribution in [1.29, 1.82) is 0 Å². The molecule has 1 unspecified atom stereocenters.